The van der Waals surface area contributed by atoms with Crippen LogP contribution in [0.5, 0.6) is 0 Å². The molecule has 1 aromatic heterocycles. The van der Waals surface area contributed by atoms with Crippen LogP contribution in [0.15, 0.2) is 47.4 Å². The van der Waals surface area contributed by atoms with E-state index in [1.54, 1.807) is 18.2 Å². The van der Waals surface area contributed by atoms with Gasteiger partial charge in [-0.2, -0.15) is 9.52 Å². The molecule has 0 bridgehead atoms. The first-order valence-electron chi connectivity index (χ1n) is 7.89. The van der Waals surface area contributed by atoms with Crippen LogP contribution >= 0.6 is 23.4 Å². The van der Waals surface area contributed by atoms with E-state index in [0.717, 1.165) is 11.6 Å². The van der Waals surface area contributed by atoms with E-state index in [4.69, 9.17) is 11.6 Å². The first-order valence-corrected chi connectivity index (χ1v) is 10.8. The quantitative estimate of drug-likeness (QED) is 0.690. The molecule has 1 aliphatic rings. The largest absolute Gasteiger partial charge is 0.244 e. The molecular formula is C16H13ClFN5O2S2. The van der Waals surface area contributed by atoms with Crippen LogP contribution in [0.1, 0.15) is 10.9 Å². The predicted octanol–water partition coefficient (Wildman–Crippen LogP) is 3.10. The molecule has 1 aliphatic heterocycles. The van der Waals surface area contributed by atoms with Crippen molar-refractivity contribution in [1.29, 1.82) is 0 Å². The molecule has 1 unspecified atom stereocenters. The van der Waals surface area contributed by atoms with Gasteiger partial charge in [-0.1, -0.05) is 23.7 Å². The lowest BCUT2D eigenvalue weighted by Gasteiger charge is -2.24. The van der Waals surface area contributed by atoms with Gasteiger partial charge in [-0.3, -0.25) is 0 Å². The van der Waals surface area contributed by atoms with Crippen LogP contribution in [0.4, 0.5) is 4.39 Å². The lowest BCUT2D eigenvalue weighted by molar-refractivity contribution is 0.434. The summed E-state index contributed by atoms with van der Waals surface area (Å²) in [5.41, 5.74) is 0.769. The Bertz CT molecular complexity index is 1080. The molecule has 0 amide bonds. The summed E-state index contributed by atoms with van der Waals surface area (Å²) in [7, 11) is -3.86. The van der Waals surface area contributed by atoms with E-state index in [2.05, 4.69) is 20.6 Å². The lowest BCUT2D eigenvalue weighted by atomic mass is 10.2. The van der Waals surface area contributed by atoms with E-state index in [1.807, 2.05) is 6.07 Å². The highest BCUT2D eigenvalue weighted by Crippen LogP contribution is 2.42. The van der Waals surface area contributed by atoms with Crippen molar-refractivity contribution in [2.75, 3.05) is 12.3 Å². The SMILES string of the molecule is O=S(=O)(c1ccc(F)c(-c2nn[nH]n2)c1)N1CCSC1c1cccc(Cl)c1. The van der Waals surface area contributed by atoms with Crippen molar-refractivity contribution in [3.05, 3.63) is 58.9 Å². The van der Waals surface area contributed by atoms with Gasteiger partial charge in [0.1, 0.15) is 5.82 Å². The fraction of sp³-hybridized carbons (Fsp3) is 0.188. The molecule has 0 radical (unpaired) electrons. The van der Waals surface area contributed by atoms with Gasteiger partial charge in [-0.25, -0.2) is 12.8 Å². The van der Waals surface area contributed by atoms with Gasteiger partial charge in [0.05, 0.1) is 15.8 Å². The summed E-state index contributed by atoms with van der Waals surface area (Å²) < 4.78 is 42.0. The van der Waals surface area contributed by atoms with Gasteiger partial charge in [0, 0.05) is 17.3 Å². The van der Waals surface area contributed by atoms with E-state index in [1.165, 1.54) is 28.2 Å². The molecule has 11 heteroatoms. The summed E-state index contributed by atoms with van der Waals surface area (Å²) in [5, 5.41) is 13.2. The lowest BCUT2D eigenvalue weighted by Crippen LogP contribution is -2.30. The molecule has 1 N–H and O–H groups in total. The zero-order valence-electron chi connectivity index (χ0n) is 13.7. The van der Waals surface area contributed by atoms with Gasteiger partial charge in [-0.15, -0.1) is 22.0 Å². The number of hydrogen-bond acceptors (Lipinski definition) is 6. The van der Waals surface area contributed by atoms with Crippen LogP contribution in [-0.2, 0) is 10.0 Å². The second-order valence-electron chi connectivity index (χ2n) is 5.77. The summed E-state index contributed by atoms with van der Waals surface area (Å²) in [6.45, 7) is 0.346. The first kappa shape index (κ1) is 18.4. The van der Waals surface area contributed by atoms with E-state index in [9.17, 15) is 12.8 Å². The summed E-state index contributed by atoms with van der Waals surface area (Å²) >= 11 is 7.57. The average Bonchev–Trinajstić information content (AvgIpc) is 3.34. The summed E-state index contributed by atoms with van der Waals surface area (Å²) in [5.74, 6) is 0.0132. The third-order valence-corrected chi connectivity index (χ3v) is 7.60. The van der Waals surface area contributed by atoms with Gasteiger partial charge in [-0.05, 0) is 41.1 Å². The number of tetrazole rings is 1. The molecule has 7 nitrogen and oxygen atoms in total. The van der Waals surface area contributed by atoms with Gasteiger partial charge < -0.3 is 0 Å². The smallest absolute Gasteiger partial charge is 0.207 e. The second kappa shape index (κ2) is 7.19. The first-order chi connectivity index (χ1) is 13.0. The monoisotopic (exact) mass is 425 g/mol. The Balaban J connectivity index is 1.74. The molecular weight excluding hydrogens is 413 g/mol. The summed E-state index contributed by atoms with van der Waals surface area (Å²) in [6, 6.07) is 10.7. The van der Waals surface area contributed by atoms with Crippen molar-refractivity contribution in [2.45, 2.75) is 10.3 Å². The number of rotatable bonds is 4. The Morgan fingerprint density at radius 2 is 2.11 bits per heavy atom. The average molecular weight is 426 g/mol. The van der Waals surface area contributed by atoms with Gasteiger partial charge >= 0.3 is 0 Å². The predicted molar refractivity (Wildman–Crippen MR) is 100 cm³/mol. The maximum atomic E-state index is 14.1. The van der Waals surface area contributed by atoms with Crippen LogP contribution in [0.2, 0.25) is 5.02 Å². The second-order valence-corrected chi connectivity index (χ2v) is 9.29. The summed E-state index contributed by atoms with van der Waals surface area (Å²) in [4.78, 5) is -0.0294. The molecule has 2 aromatic carbocycles. The fourth-order valence-corrected chi connectivity index (χ4v) is 6.33. The van der Waals surface area contributed by atoms with Crippen molar-refractivity contribution >= 4 is 33.4 Å². The highest BCUT2D eigenvalue weighted by molar-refractivity contribution is 8.01. The Morgan fingerprint density at radius 3 is 2.85 bits per heavy atom. The molecule has 27 heavy (non-hydrogen) atoms. The molecule has 1 atom stereocenters. The maximum Gasteiger partial charge on any atom is 0.244 e. The number of benzene rings is 2. The van der Waals surface area contributed by atoms with Gasteiger partial charge in [0.2, 0.25) is 15.8 Å². The standard InChI is InChI=1S/C16H13ClFN5O2S2/c17-11-3-1-2-10(8-11)16-23(6-7-26-16)27(24,25)12-4-5-14(18)13(9-12)15-19-21-22-20-15/h1-5,8-9,16H,6-7H2,(H,19,20,21,22). The molecule has 4 rings (SSSR count). The topological polar surface area (TPSA) is 91.8 Å². The third-order valence-electron chi connectivity index (χ3n) is 4.11. The number of thioether (sulfide) groups is 1. The van der Waals surface area contributed by atoms with E-state index in [0.29, 0.717) is 17.3 Å². The zero-order chi connectivity index (χ0) is 19.0. The van der Waals surface area contributed by atoms with Crippen LogP contribution in [0, 0.1) is 5.82 Å². The molecule has 0 aliphatic carbocycles. The zero-order valence-corrected chi connectivity index (χ0v) is 16.1. The van der Waals surface area contributed by atoms with Crippen molar-refractivity contribution < 1.29 is 12.8 Å². The highest BCUT2D eigenvalue weighted by atomic mass is 35.5. The van der Waals surface area contributed by atoms with Crippen molar-refractivity contribution in [3.63, 3.8) is 0 Å². The van der Waals surface area contributed by atoms with Crippen molar-refractivity contribution in [2.24, 2.45) is 0 Å². The number of aromatic nitrogens is 4. The fourth-order valence-electron chi connectivity index (χ4n) is 2.87. The number of aromatic amines is 1. The van der Waals surface area contributed by atoms with Gasteiger partial charge in [0.15, 0.2) is 0 Å². The highest BCUT2D eigenvalue weighted by Gasteiger charge is 2.37. The van der Waals surface area contributed by atoms with Crippen molar-refractivity contribution in [1.82, 2.24) is 24.9 Å². The van der Waals surface area contributed by atoms with Crippen LogP contribution in [0.25, 0.3) is 11.4 Å². The molecule has 2 heterocycles. The van der Waals surface area contributed by atoms with Gasteiger partial charge in [0.25, 0.3) is 0 Å². The minimum atomic E-state index is -3.86. The maximum absolute atomic E-state index is 14.1. The van der Waals surface area contributed by atoms with E-state index < -0.39 is 21.2 Å². The van der Waals surface area contributed by atoms with Crippen molar-refractivity contribution in [3.8, 4) is 11.4 Å². The molecule has 0 saturated carbocycles. The van der Waals surface area contributed by atoms with Crippen LogP contribution in [-0.4, -0.2) is 45.6 Å². The van der Waals surface area contributed by atoms with E-state index >= 15 is 0 Å². The number of H-pyrrole nitrogens is 1. The van der Waals surface area contributed by atoms with Crippen LogP contribution < -0.4 is 0 Å². The molecule has 0 spiro atoms. The molecule has 3 aromatic rings. The Hall–Kier alpha value is -2.01. The van der Waals surface area contributed by atoms with Crippen LogP contribution in [0.3, 0.4) is 0 Å². The molecule has 1 saturated heterocycles. The Labute approximate surface area is 164 Å². The number of nitrogens with zero attached hydrogens (tertiary/aromatic N) is 4. The minimum Gasteiger partial charge on any atom is -0.207 e. The normalized spacial score (nSPS) is 18.1. The number of hydrogen-bond donors (Lipinski definition) is 1. The molecule has 1 fully saturated rings. The Morgan fingerprint density at radius 1 is 1.26 bits per heavy atom. The Kier molecular flexibility index (Phi) is 4.89. The third kappa shape index (κ3) is 3.45. The number of halogens is 2. The van der Waals surface area contributed by atoms with E-state index in [-0.39, 0.29) is 16.3 Å². The molecule has 140 valence electrons. The minimum absolute atomic E-state index is 0.00765. The number of sulfonamides is 1. The summed E-state index contributed by atoms with van der Waals surface area (Å²) in [6.07, 6.45) is 0. The number of nitrogens with one attached hydrogen (secondary N) is 1.